The molecular formula is C14H21N3O. The zero-order valence-corrected chi connectivity index (χ0v) is 11.5. The number of aromatic nitrogens is 2. The molecule has 0 fully saturated rings. The van der Waals surface area contributed by atoms with Crippen LogP contribution in [0.15, 0.2) is 18.2 Å². The Bertz CT molecular complexity index is 547. The summed E-state index contributed by atoms with van der Waals surface area (Å²) < 4.78 is 7.30. The van der Waals surface area contributed by atoms with E-state index < -0.39 is 0 Å². The highest BCUT2D eigenvalue weighted by Gasteiger charge is 2.19. The van der Waals surface area contributed by atoms with Gasteiger partial charge in [-0.15, -0.1) is 0 Å². The van der Waals surface area contributed by atoms with Gasteiger partial charge < -0.3 is 15.0 Å². The van der Waals surface area contributed by atoms with Gasteiger partial charge in [-0.3, -0.25) is 0 Å². The number of rotatable bonds is 4. The third kappa shape index (κ3) is 2.08. The minimum Gasteiger partial charge on any atom is -0.497 e. The molecule has 2 rings (SSSR count). The molecule has 0 radical (unpaired) electrons. The van der Waals surface area contributed by atoms with Crippen molar-refractivity contribution in [2.45, 2.75) is 26.3 Å². The summed E-state index contributed by atoms with van der Waals surface area (Å²) in [7, 11) is 3.68. The lowest BCUT2D eigenvalue weighted by Gasteiger charge is -2.17. The Morgan fingerprint density at radius 2 is 2.17 bits per heavy atom. The second-order valence-corrected chi connectivity index (χ2v) is 4.79. The zero-order chi connectivity index (χ0) is 13.3. The van der Waals surface area contributed by atoms with Crippen LogP contribution in [0.25, 0.3) is 11.0 Å². The molecule has 2 aromatic rings. The lowest BCUT2D eigenvalue weighted by Crippen LogP contribution is -2.22. The first kappa shape index (κ1) is 12.9. The van der Waals surface area contributed by atoms with Crippen LogP contribution >= 0.6 is 0 Å². The zero-order valence-electron chi connectivity index (χ0n) is 11.5. The lowest BCUT2D eigenvalue weighted by atomic mass is 9.99. The second kappa shape index (κ2) is 4.98. The van der Waals surface area contributed by atoms with Crippen molar-refractivity contribution in [2.24, 2.45) is 18.7 Å². The molecule has 1 heterocycles. The minimum absolute atomic E-state index is 0.0293. The molecule has 2 atom stereocenters. The Kier molecular flexibility index (Phi) is 3.57. The summed E-state index contributed by atoms with van der Waals surface area (Å²) in [5.74, 6) is 2.18. The van der Waals surface area contributed by atoms with Gasteiger partial charge in [0, 0.05) is 13.1 Å². The number of methoxy groups -OCH3 is 1. The first-order chi connectivity index (χ1) is 8.58. The van der Waals surface area contributed by atoms with E-state index in [-0.39, 0.29) is 6.04 Å². The molecule has 0 bridgehead atoms. The van der Waals surface area contributed by atoms with Crippen molar-refractivity contribution in [1.82, 2.24) is 9.55 Å². The Balaban J connectivity index is 2.49. The van der Waals surface area contributed by atoms with Crippen LogP contribution in [-0.4, -0.2) is 16.7 Å². The first-order valence-corrected chi connectivity index (χ1v) is 6.34. The molecule has 2 unspecified atom stereocenters. The second-order valence-electron chi connectivity index (χ2n) is 4.79. The SMILES string of the molecule is CCC(C)C(N)c1nc2cc(OC)ccc2n1C. The van der Waals surface area contributed by atoms with E-state index in [4.69, 9.17) is 10.5 Å². The van der Waals surface area contributed by atoms with E-state index in [1.165, 1.54) is 0 Å². The van der Waals surface area contributed by atoms with E-state index in [1.54, 1.807) is 7.11 Å². The lowest BCUT2D eigenvalue weighted by molar-refractivity contribution is 0.415. The summed E-state index contributed by atoms with van der Waals surface area (Å²) in [5, 5.41) is 0. The summed E-state index contributed by atoms with van der Waals surface area (Å²) in [6.07, 6.45) is 1.05. The molecule has 1 aromatic carbocycles. The van der Waals surface area contributed by atoms with Crippen molar-refractivity contribution >= 4 is 11.0 Å². The predicted octanol–water partition coefficient (Wildman–Crippen LogP) is 2.63. The van der Waals surface area contributed by atoms with Crippen molar-refractivity contribution in [1.29, 1.82) is 0 Å². The third-order valence-electron chi connectivity index (χ3n) is 3.68. The van der Waals surface area contributed by atoms with Crippen LogP contribution in [0.4, 0.5) is 0 Å². The standard InChI is InChI=1S/C14H21N3O/c1-5-9(2)13(15)14-16-11-8-10(18-4)6-7-12(11)17(14)3/h6-9,13H,5,15H2,1-4H3. The van der Waals surface area contributed by atoms with E-state index in [0.29, 0.717) is 5.92 Å². The normalized spacial score (nSPS) is 14.7. The summed E-state index contributed by atoms with van der Waals surface area (Å²) in [5.41, 5.74) is 8.29. The van der Waals surface area contributed by atoms with Gasteiger partial charge in [-0.05, 0) is 18.1 Å². The number of nitrogens with zero attached hydrogens (tertiary/aromatic N) is 2. The summed E-state index contributed by atoms with van der Waals surface area (Å²) in [6, 6.07) is 5.89. The highest BCUT2D eigenvalue weighted by Crippen LogP contribution is 2.26. The summed E-state index contributed by atoms with van der Waals surface area (Å²) in [4.78, 5) is 4.65. The third-order valence-corrected chi connectivity index (χ3v) is 3.68. The maximum atomic E-state index is 6.27. The Morgan fingerprint density at radius 1 is 1.44 bits per heavy atom. The summed E-state index contributed by atoms with van der Waals surface area (Å²) in [6.45, 7) is 4.31. The number of hydrogen-bond acceptors (Lipinski definition) is 3. The molecule has 2 N–H and O–H groups in total. The molecule has 4 nitrogen and oxygen atoms in total. The quantitative estimate of drug-likeness (QED) is 0.903. The molecule has 0 aliphatic heterocycles. The van der Waals surface area contributed by atoms with Gasteiger partial charge in [-0.25, -0.2) is 4.98 Å². The van der Waals surface area contributed by atoms with Crippen LogP contribution in [0, 0.1) is 5.92 Å². The van der Waals surface area contributed by atoms with Crippen molar-refractivity contribution in [3.8, 4) is 5.75 Å². The number of nitrogens with two attached hydrogens (primary N) is 1. The molecule has 0 saturated carbocycles. The highest BCUT2D eigenvalue weighted by atomic mass is 16.5. The number of aryl methyl sites for hydroxylation is 1. The summed E-state index contributed by atoms with van der Waals surface area (Å²) >= 11 is 0. The molecule has 0 saturated heterocycles. The van der Waals surface area contributed by atoms with E-state index in [2.05, 4.69) is 23.4 Å². The monoisotopic (exact) mass is 247 g/mol. The van der Waals surface area contributed by atoms with Gasteiger partial charge in [-0.1, -0.05) is 20.3 Å². The van der Waals surface area contributed by atoms with E-state index in [9.17, 15) is 0 Å². The number of hydrogen-bond donors (Lipinski definition) is 1. The highest BCUT2D eigenvalue weighted by molar-refractivity contribution is 5.77. The average Bonchev–Trinajstić information content (AvgIpc) is 2.73. The molecule has 0 amide bonds. The van der Waals surface area contributed by atoms with Gasteiger partial charge in [0.1, 0.15) is 11.6 Å². The predicted molar refractivity (Wildman–Crippen MR) is 73.6 cm³/mol. The fourth-order valence-corrected chi connectivity index (χ4v) is 2.13. The molecule has 18 heavy (non-hydrogen) atoms. The van der Waals surface area contributed by atoms with Crippen LogP contribution in [0.5, 0.6) is 5.75 Å². The first-order valence-electron chi connectivity index (χ1n) is 6.34. The van der Waals surface area contributed by atoms with Crippen molar-refractivity contribution < 1.29 is 4.74 Å². The van der Waals surface area contributed by atoms with Gasteiger partial charge in [0.05, 0.1) is 24.2 Å². The van der Waals surface area contributed by atoms with Crippen molar-refractivity contribution in [3.05, 3.63) is 24.0 Å². The number of imidazole rings is 1. The molecule has 0 aliphatic carbocycles. The Morgan fingerprint density at radius 3 is 2.78 bits per heavy atom. The Hall–Kier alpha value is -1.55. The maximum absolute atomic E-state index is 6.27. The van der Waals surface area contributed by atoms with E-state index in [0.717, 1.165) is 29.0 Å². The molecule has 1 aromatic heterocycles. The number of ether oxygens (including phenoxy) is 1. The van der Waals surface area contributed by atoms with Gasteiger partial charge >= 0.3 is 0 Å². The number of fused-ring (bicyclic) bond motifs is 1. The topological polar surface area (TPSA) is 53.1 Å². The van der Waals surface area contributed by atoms with Crippen LogP contribution in [0.2, 0.25) is 0 Å². The van der Waals surface area contributed by atoms with Gasteiger partial charge in [0.2, 0.25) is 0 Å². The van der Waals surface area contributed by atoms with Crippen LogP contribution in [0.1, 0.15) is 32.1 Å². The molecule has 0 aliphatic rings. The van der Waals surface area contributed by atoms with E-state index in [1.807, 2.05) is 25.2 Å². The fourth-order valence-electron chi connectivity index (χ4n) is 2.13. The van der Waals surface area contributed by atoms with Crippen molar-refractivity contribution in [2.75, 3.05) is 7.11 Å². The van der Waals surface area contributed by atoms with Crippen LogP contribution in [0.3, 0.4) is 0 Å². The smallest absolute Gasteiger partial charge is 0.126 e. The van der Waals surface area contributed by atoms with Crippen molar-refractivity contribution in [3.63, 3.8) is 0 Å². The van der Waals surface area contributed by atoms with Gasteiger partial charge in [0.15, 0.2) is 0 Å². The van der Waals surface area contributed by atoms with Gasteiger partial charge in [-0.2, -0.15) is 0 Å². The number of benzene rings is 1. The van der Waals surface area contributed by atoms with Gasteiger partial charge in [0.25, 0.3) is 0 Å². The molecule has 4 heteroatoms. The molecule has 0 spiro atoms. The van der Waals surface area contributed by atoms with Crippen LogP contribution < -0.4 is 10.5 Å². The largest absolute Gasteiger partial charge is 0.497 e. The Labute approximate surface area is 108 Å². The average molecular weight is 247 g/mol. The fraction of sp³-hybridized carbons (Fsp3) is 0.500. The maximum Gasteiger partial charge on any atom is 0.126 e. The molecular weight excluding hydrogens is 226 g/mol. The molecule has 98 valence electrons. The van der Waals surface area contributed by atoms with Crippen LogP contribution in [-0.2, 0) is 7.05 Å². The minimum atomic E-state index is -0.0293. The van der Waals surface area contributed by atoms with E-state index >= 15 is 0 Å².